The highest BCUT2D eigenvalue weighted by Gasteiger charge is 2.32. The SMILES string of the molecule is CC1CS(=O)(=O)CCN1C(=O)c1ccc(C#CCCO)s1. The fourth-order valence-electron chi connectivity index (χ4n) is 2.17. The third-order valence-corrected chi connectivity index (χ3v) is 5.98. The lowest BCUT2D eigenvalue weighted by Gasteiger charge is -2.32. The number of sulfone groups is 1. The molecule has 2 heterocycles. The van der Waals surface area contributed by atoms with Crippen molar-refractivity contribution in [3.05, 3.63) is 21.9 Å². The van der Waals surface area contributed by atoms with Crippen molar-refractivity contribution in [1.29, 1.82) is 0 Å². The zero-order chi connectivity index (χ0) is 15.5. The molecule has 1 atom stereocenters. The van der Waals surface area contributed by atoms with E-state index in [0.29, 0.717) is 11.3 Å². The molecule has 0 saturated carbocycles. The minimum absolute atomic E-state index is 0.0178. The highest BCUT2D eigenvalue weighted by Crippen LogP contribution is 2.21. The molecule has 1 amide bonds. The first kappa shape index (κ1) is 16.0. The van der Waals surface area contributed by atoms with Crippen molar-refractivity contribution in [3.63, 3.8) is 0 Å². The number of amides is 1. The lowest BCUT2D eigenvalue weighted by molar-refractivity contribution is 0.0717. The van der Waals surface area contributed by atoms with E-state index < -0.39 is 9.84 Å². The van der Waals surface area contributed by atoms with Crippen LogP contribution in [0.1, 0.15) is 27.9 Å². The lowest BCUT2D eigenvalue weighted by Crippen LogP contribution is -2.49. The van der Waals surface area contributed by atoms with Crippen molar-refractivity contribution >= 4 is 27.1 Å². The fraction of sp³-hybridized carbons (Fsp3) is 0.500. The maximum Gasteiger partial charge on any atom is 0.264 e. The number of thiophene rings is 1. The van der Waals surface area contributed by atoms with E-state index in [9.17, 15) is 13.2 Å². The average Bonchev–Trinajstić information content (AvgIpc) is 2.86. The van der Waals surface area contributed by atoms with Crippen LogP contribution in [0.25, 0.3) is 0 Å². The second-order valence-electron chi connectivity index (χ2n) is 4.90. The minimum atomic E-state index is -3.03. The van der Waals surface area contributed by atoms with E-state index in [2.05, 4.69) is 11.8 Å². The van der Waals surface area contributed by atoms with Crippen molar-refractivity contribution in [2.24, 2.45) is 0 Å². The molecular weight excluding hydrogens is 310 g/mol. The normalized spacial score (nSPS) is 20.7. The summed E-state index contributed by atoms with van der Waals surface area (Å²) >= 11 is 1.29. The van der Waals surface area contributed by atoms with Crippen LogP contribution in [0.3, 0.4) is 0 Å². The number of carbonyl (C=O) groups is 1. The highest BCUT2D eigenvalue weighted by molar-refractivity contribution is 7.91. The van der Waals surface area contributed by atoms with E-state index in [1.165, 1.54) is 11.3 Å². The molecule has 114 valence electrons. The first-order chi connectivity index (χ1) is 9.93. The molecule has 1 N–H and O–H groups in total. The van der Waals surface area contributed by atoms with Gasteiger partial charge in [0.2, 0.25) is 0 Å². The second kappa shape index (κ2) is 6.60. The molecule has 7 heteroatoms. The Morgan fingerprint density at radius 1 is 1.52 bits per heavy atom. The van der Waals surface area contributed by atoms with Crippen LogP contribution in [-0.2, 0) is 9.84 Å². The Hall–Kier alpha value is -1.36. The van der Waals surface area contributed by atoms with E-state index >= 15 is 0 Å². The predicted molar refractivity (Wildman–Crippen MR) is 82.1 cm³/mol. The third kappa shape index (κ3) is 4.06. The van der Waals surface area contributed by atoms with Gasteiger partial charge in [0.25, 0.3) is 5.91 Å². The Morgan fingerprint density at radius 2 is 2.29 bits per heavy atom. The Labute approximate surface area is 128 Å². The van der Waals surface area contributed by atoms with Gasteiger partial charge in [0, 0.05) is 19.0 Å². The number of carbonyl (C=O) groups excluding carboxylic acids is 1. The summed E-state index contributed by atoms with van der Waals surface area (Å²) in [6, 6.07) is 3.18. The van der Waals surface area contributed by atoms with Crippen molar-refractivity contribution in [2.45, 2.75) is 19.4 Å². The first-order valence-corrected chi connectivity index (χ1v) is 9.28. The van der Waals surface area contributed by atoms with Crippen LogP contribution in [-0.4, -0.2) is 55.0 Å². The first-order valence-electron chi connectivity index (χ1n) is 6.64. The zero-order valence-electron chi connectivity index (χ0n) is 11.7. The van der Waals surface area contributed by atoms with Gasteiger partial charge in [-0.1, -0.05) is 11.8 Å². The van der Waals surface area contributed by atoms with Crippen molar-refractivity contribution < 1.29 is 18.3 Å². The van der Waals surface area contributed by atoms with E-state index in [4.69, 9.17) is 5.11 Å². The van der Waals surface area contributed by atoms with Gasteiger partial charge in [-0.05, 0) is 19.1 Å². The number of aliphatic hydroxyl groups is 1. The van der Waals surface area contributed by atoms with E-state index in [1.54, 1.807) is 24.0 Å². The van der Waals surface area contributed by atoms with Gasteiger partial charge >= 0.3 is 0 Å². The molecule has 0 spiro atoms. The molecule has 0 radical (unpaired) electrons. The third-order valence-electron chi connectivity index (χ3n) is 3.20. The van der Waals surface area contributed by atoms with Crippen molar-refractivity contribution in [3.8, 4) is 11.8 Å². The largest absolute Gasteiger partial charge is 0.395 e. The van der Waals surface area contributed by atoms with Crippen molar-refractivity contribution in [1.82, 2.24) is 4.90 Å². The van der Waals surface area contributed by atoms with Gasteiger partial charge in [-0.25, -0.2) is 8.42 Å². The maximum atomic E-state index is 12.4. The average molecular weight is 327 g/mol. The molecule has 0 aromatic carbocycles. The molecule has 0 bridgehead atoms. The Balaban J connectivity index is 2.09. The summed E-state index contributed by atoms with van der Waals surface area (Å²) in [5.41, 5.74) is 0. The van der Waals surface area contributed by atoms with E-state index in [-0.39, 0.29) is 36.6 Å². The second-order valence-corrected chi connectivity index (χ2v) is 8.21. The van der Waals surface area contributed by atoms with Crippen LogP contribution in [0.5, 0.6) is 0 Å². The van der Waals surface area contributed by atoms with Gasteiger partial charge in [-0.15, -0.1) is 11.3 Å². The van der Waals surface area contributed by atoms with Crippen LogP contribution >= 0.6 is 11.3 Å². The summed E-state index contributed by atoms with van der Waals surface area (Å²) in [7, 11) is -3.03. The summed E-state index contributed by atoms with van der Waals surface area (Å²) in [5.74, 6) is 5.60. The van der Waals surface area contributed by atoms with Gasteiger partial charge in [-0.2, -0.15) is 0 Å². The molecule has 21 heavy (non-hydrogen) atoms. The molecule has 0 aliphatic carbocycles. The van der Waals surface area contributed by atoms with Crippen LogP contribution < -0.4 is 0 Å². The predicted octanol–water partition coefficient (Wildman–Crippen LogP) is 0.741. The number of rotatable bonds is 2. The molecule has 1 saturated heterocycles. The van der Waals surface area contributed by atoms with Gasteiger partial charge in [0.15, 0.2) is 9.84 Å². The molecule has 5 nitrogen and oxygen atoms in total. The topological polar surface area (TPSA) is 74.7 Å². The Bertz CT molecular complexity index is 681. The van der Waals surface area contributed by atoms with Crippen molar-refractivity contribution in [2.75, 3.05) is 24.7 Å². The molecule has 1 aromatic heterocycles. The Morgan fingerprint density at radius 3 is 2.95 bits per heavy atom. The van der Waals surface area contributed by atoms with Gasteiger partial charge < -0.3 is 10.0 Å². The van der Waals surface area contributed by atoms with Gasteiger partial charge in [0.1, 0.15) is 0 Å². The minimum Gasteiger partial charge on any atom is -0.395 e. The summed E-state index contributed by atoms with van der Waals surface area (Å²) in [6.07, 6.45) is 0.405. The van der Waals surface area contributed by atoms with Crippen LogP contribution in [0.15, 0.2) is 12.1 Å². The standard InChI is InChI=1S/C14H17NO4S2/c1-11-10-21(18,19)9-7-15(11)14(17)13-6-5-12(20-13)4-2-3-8-16/h5-6,11,16H,3,7-10H2,1H3. The van der Waals surface area contributed by atoms with Gasteiger partial charge in [-0.3, -0.25) is 4.79 Å². The van der Waals surface area contributed by atoms with Gasteiger partial charge in [0.05, 0.1) is 27.9 Å². The van der Waals surface area contributed by atoms with Crippen LogP contribution in [0, 0.1) is 11.8 Å². The van der Waals surface area contributed by atoms with Crippen LogP contribution in [0.2, 0.25) is 0 Å². The quantitative estimate of drug-likeness (QED) is 0.813. The van der Waals surface area contributed by atoms with E-state index in [0.717, 1.165) is 4.88 Å². The van der Waals surface area contributed by atoms with Crippen LogP contribution in [0.4, 0.5) is 0 Å². The maximum absolute atomic E-state index is 12.4. The Kier molecular flexibility index (Phi) is 5.04. The van der Waals surface area contributed by atoms with E-state index in [1.807, 2.05) is 0 Å². The molecule has 1 fully saturated rings. The number of aliphatic hydroxyl groups excluding tert-OH is 1. The highest BCUT2D eigenvalue weighted by atomic mass is 32.2. The summed E-state index contributed by atoms with van der Waals surface area (Å²) in [4.78, 5) is 15.4. The fourth-order valence-corrected chi connectivity index (χ4v) is 4.56. The monoisotopic (exact) mass is 327 g/mol. The smallest absolute Gasteiger partial charge is 0.264 e. The molecule has 1 aliphatic heterocycles. The lowest BCUT2D eigenvalue weighted by atomic mass is 10.3. The zero-order valence-corrected chi connectivity index (χ0v) is 13.3. The summed E-state index contributed by atoms with van der Waals surface area (Å²) < 4.78 is 23.1. The number of hydrogen-bond donors (Lipinski definition) is 1. The molecule has 1 aliphatic rings. The molecule has 1 aromatic rings. The number of nitrogens with zero attached hydrogens (tertiary/aromatic N) is 1. The summed E-state index contributed by atoms with van der Waals surface area (Å²) in [5, 5.41) is 8.67. The molecule has 2 rings (SSSR count). The molecular formula is C14H17NO4S2. The number of hydrogen-bond acceptors (Lipinski definition) is 5. The molecule has 1 unspecified atom stereocenters. The summed E-state index contributed by atoms with van der Waals surface area (Å²) in [6.45, 7) is 2.01.